The lowest BCUT2D eigenvalue weighted by Crippen LogP contribution is -2.33. The molecule has 128 valence electrons. The van der Waals surface area contributed by atoms with Gasteiger partial charge in [-0.05, 0) is 23.3 Å². The van der Waals surface area contributed by atoms with E-state index < -0.39 is 21.9 Å². The number of hydrogen-bond acceptors (Lipinski definition) is 3. The van der Waals surface area contributed by atoms with E-state index in [4.69, 9.17) is 0 Å². The first-order valence-corrected chi connectivity index (χ1v) is 9.26. The highest BCUT2D eigenvalue weighted by Crippen LogP contribution is 2.18. The van der Waals surface area contributed by atoms with Gasteiger partial charge >= 0.3 is 0 Å². The molecule has 0 radical (unpaired) electrons. The lowest BCUT2D eigenvalue weighted by atomic mass is 10.0. The zero-order valence-corrected chi connectivity index (χ0v) is 14.0. The third-order valence-corrected chi connectivity index (χ3v) is 4.06. The van der Waals surface area contributed by atoms with Gasteiger partial charge in [0.05, 0.1) is 12.3 Å². The highest BCUT2D eigenvalue weighted by Gasteiger charge is 2.19. The average molecular weight is 350 g/mol. The minimum atomic E-state index is -3.52. The van der Waals surface area contributed by atoms with Crippen molar-refractivity contribution in [2.45, 2.75) is 19.0 Å². The number of nitrogens with one attached hydrogen (secondary N) is 2. The predicted octanol–water partition coefficient (Wildman–Crippen LogP) is 2.12. The molecule has 1 amide bonds. The second-order valence-electron chi connectivity index (χ2n) is 5.46. The minimum Gasteiger partial charge on any atom is -0.352 e. The third-order valence-electron chi connectivity index (χ3n) is 3.35. The van der Waals surface area contributed by atoms with Gasteiger partial charge in [0, 0.05) is 13.0 Å². The first-order valence-electron chi connectivity index (χ1n) is 7.37. The van der Waals surface area contributed by atoms with Gasteiger partial charge in [-0.2, -0.15) is 0 Å². The van der Waals surface area contributed by atoms with E-state index in [0.717, 1.165) is 11.8 Å². The number of halogens is 1. The molecule has 2 aromatic carbocycles. The van der Waals surface area contributed by atoms with Crippen molar-refractivity contribution in [3.05, 3.63) is 71.5 Å². The third kappa shape index (κ3) is 6.10. The van der Waals surface area contributed by atoms with Crippen molar-refractivity contribution in [2.75, 3.05) is 6.26 Å². The standard InChI is InChI=1S/C17H19FN2O3S/c1-24(22,23)20-16(14-7-9-15(18)10-8-14)11-17(21)19-12-13-5-3-2-4-6-13/h2-10,16,20H,11-12H2,1H3,(H,19,21). The highest BCUT2D eigenvalue weighted by molar-refractivity contribution is 7.88. The Balaban J connectivity index is 2.04. The summed E-state index contributed by atoms with van der Waals surface area (Å²) < 4.78 is 38.5. The predicted molar refractivity (Wildman–Crippen MR) is 90.0 cm³/mol. The summed E-state index contributed by atoms with van der Waals surface area (Å²) in [5.74, 6) is -0.727. The van der Waals surface area contributed by atoms with Gasteiger partial charge in [0.1, 0.15) is 5.82 Å². The molecule has 0 spiro atoms. The first-order chi connectivity index (χ1) is 11.3. The van der Waals surface area contributed by atoms with E-state index >= 15 is 0 Å². The highest BCUT2D eigenvalue weighted by atomic mass is 32.2. The Morgan fingerprint density at radius 2 is 1.71 bits per heavy atom. The fourth-order valence-electron chi connectivity index (χ4n) is 2.24. The first kappa shape index (κ1) is 18.1. The molecule has 5 nitrogen and oxygen atoms in total. The molecule has 2 rings (SSSR count). The molecule has 0 bridgehead atoms. The fourth-order valence-corrected chi connectivity index (χ4v) is 2.97. The van der Waals surface area contributed by atoms with Crippen LogP contribution < -0.4 is 10.0 Å². The quantitative estimate of drug-likeness (QED) is 0.803. The number of benzene rings is 2. The van der Waals surface area contributed by atoms with Crippen LogP contribution in [0, 0.1) is 5.82 Å². The van der Waals surface area contributed by atoms with Crippen LogP contribution in [0.2, 0.25) is 0 Å². The van der Waals surface area contributed by atoms with Crippen LogP contribution in [0.1, 0.15) is 23.6 Å². The van der Waals surface area contributed by atoms with Crippen molar-refractivity contribution < 1.29 is 17.6 Å². The number of carbonyl (C=O) groups is 1. The van der Waals surface area contributed by atoms with E-state index in [0.29, 0.717) is 12.1 Å². The molecule has 0 aromatic heterocycles. The van der Waals surface area contributed by atoms with Crippen LogP contribution in [-0.2, 0) is 21.4 Å². The van der Waals surface area contributed by atoms with Crippen molar-refractivity contribution in [1.82, 2.24) is 10.0 Å². The Morgan fingerprint density at radius 3 is 2.29 bits per heavy atom. The van der Waals surface area contributed by atoms with Crippen molar-refractivity contribution in [2.24, 2.45) is 0 Å². The summed E-state index contributed by atoms with van der Waals surface area (Å²) in [5.41, 5.74) is 1.47. The van der Waals surface area contributed by atoms with Crippen LogP contribution in [-0.4, -0.2) is 20.6 Å². The van der Waals surface area contributed by atoms with Gasteiger partial charge in [0.15, 0.2) is 0 Å². The molecular formula is C17H19FN2O3S. The Kier molecular flexibility index (Phi) is 6.05. The summed E-state index contributed by atoms with van der Waals surface area (Å²) in [5, 5.41) is 2.75. The van der Waals surface area contributed by atoms with Crippen molar-refractivity contribution in [3.63, 3.8) is 0 Å². The van der Waals surface area contributed by atoms with Gasteiger partial charge in [0.2, 0.25) is 15.9 Å². The second-order valence-corrected chi connectivity index (χ2v) is 7.24. The van der Waals surface area contributed by atoms with Crippen LogP contribution >= 0.6 is 0 Å². The number of carbonyl (C=O) groups excluding carboxylic acids is 1. The summed E-state index contributed by atoms with van der Waals surface area (Å²) in [6.45, 7) is 0.356. The SMILES string of the molecule is CS(=O)(=O)NC(CC(=O)NCc1ccccc1)c1ccc(F)cc1. The maximum atomic E-state index is 13.0. The number of hydrogen-bond donors (Lipinski definition) is 2. The topological polar surface area (TPSA) is 75.3 Å². The summed E-state index contributed by atoms with van der Waals surface area (Å²) in [6.07, 6.45) is 0.941. The number of amides is 1. The summed E-state index contributed by atoms with van der Waals surface area (Å²) in [4.78, 5) is 12.1. The molecule has 0 saturated heterocycles. The molecular weight excluding hydrogens is 331 g/mol. The largest absolute Gasteiger partial charge is 0.352 e. The van der Waals surface area contributed by atoms with E-state index in [1.54, 1.807) is 0 Å². The Hall–Kier alpha value is -2.25. The number of rotatable bonds is 7. The van der Waals surface area contributed by atoms with Gasteiger partial charge in [-0.1, -0.05) is 42.5 Å². The minimum absolute atomic E-state index is 0.0778. The second kappa shape index (κ2) is 8.03. The van der Waals surface area contributed by atoms with Crippen LogP contribution in [0.15, 0.2) is 54.6 Å². The van der Waals surface area contributed by atoms with Gasteiger partial charge in [-0.15, -0.1) is 0 Å². The van der Waals surface area contributed by atoms with Gasteiger partial charge < -0.3 is 5.32 Å². The molecule has 2 N–H and O–H groups in total. The summed E-state index contributed by atoms with van der Waals surface area (Å²) in [6, 6.07) is 14.0. The van der Waals surface area contributed by atoms with Gasteiger partial charge in [-0.3, -0.25) is 4.79 Å². The van der Waals surface area contributed by atoms with E-state index in [1.165, 1.54) is 24.3 Å². The Labute approximate surface area is 141 Å². The summed E-state index contributed by atoms with van der Waals surface area (Å²) in [7, 11) is -3.52. The van der Waals surface area contributed by atoms with Crippen LogP contribution in [0.5, 0.6) is 0 Å². The van der Waals surface area contributed by atoms with E-state index in [9.17, 15) is 17.6 Å². The average Bonchev–Trinajstić information content (AvgIpc) is 2.53. The molecule has 1 atom stereocenters. The van der Waals surface area contributed by atoms with E-state index in [1.807, 2.05) is 30.3 Å². The Morgan fingerprint density at radius 1 is 1.08 bits per heavy atom. The molecule has 7 heteroatoms. The smallest absolute Gasteiger partial charge is 0.222 e. The van der Waals surface area contributed by atoms with Crippen molar-refractivity contribution >= 4 is 15.9 Å². The molecule has 0 aliphatic rings. The summed E-state index contributed by atoms with van der Waals surface area (Å²) >= 11 is 0. The molecule has 0 heterocycles. The molecule has 0 saturated carbocycles. The van der Waals surface area contributed by atoms with Gasteiger partial charge in [0.25, 0.3) is 0 Å². The van der Waals surface area contributed by atoms with Crippen LogP contribution in [0.25, 0.3) is 0 Å². The Bertz CT molecular complexity index is 777. The molecule has 24 heavy (non-hydrogen) atoms. The van der Waals surface area contributed by atoms with Gasteiger partial charge in [-0.25, -0.2) is 17.5 Å². The normalized spacial score (nSPS) is 12.6. The molecule has 0 aliphatic heterocycles. The zero-order valence-electron chi connectivity index (χ0n) is 13.2. The molecule has 2 aromatic rings. The van der Waals surface area contributed by atoms with E-state index in [2.05, 4.69) is 10.0 Å². The van der Waals surface area contributed by atoms with Crippen LogP contribution in [0.4, 0.5) is 4.39 Å². The lowest BCUT2D eigenvalue weighted by Gasteiger charge is -2.18. The zero-order chi connectivity index (χ0) is 17.6. The maximum absolute atomic E-state index is 13.0. The number of sulfonamides is 1. The molecule has 1 unspecified atom stereocenters. The monoisotopic (exact) mass is 350 g/mol. The van der Waals surface area contributed by atoms with E-state index in [-0.39, 0.29) is 12.3 Å². The lowest BCUT2D eigenvalue weighted by molar-refractivity contribution is -0.121. The fraction of sp³-hybridized carbons (Fsp3) is 0.235. The van der Waals surface area contributed by atoms with Crippen LogP contribution in [0.3, 0.4) is 0 Å². The van der Waals surface area contributed by atoms with Crippen molar-refractivity contribution in [3.8, 4) is 0 Å². The maximum Gasteiger partial charge on any atom is 0.222 e. The molecule has 0 fully saturated rings. The van der Waals surface area contributed by atoms with Crippen molar-refractivity contribution in [1.29, 1.82) is 0 Å². The molecule has 0 aliphatic carbocycles.